The Kier molecular flexibility index (Phi) is 7.38. The molecule has 1 aromatic carbocycles. The SMILES string of the molecule is CC(C)(C)c1ccc(-n2ccc(C(=O)Nc3ccc(C4(C#N)CCC(N5CCOCC5)CC4)nc3)c2)cc1. The van der Waals surface area contributed by atoms with E-state index in [2.05, 4.69) is 66.3 Å². The van der Waals surface area contributed by atoms with Crippen LogP contribution >= 0.6 is 0 Å². The zero-order valence-electron chi connectivity index (χ0n) is 22.6. The number of anilines is 1. The van der Waals surface area contributed by atoms with E-state index in [1.807, 2.05) is 35.2 Å². The lowest BCUT2D eigenvalue weighted by atomic mass is 9.71. The van der Waals surface area contributed by atoms with E-state index in [0.29, 0.717) is 17.3 Å². The lowest BCUT2D eigenvalue weighted by Gasteiger charge is -2.41. The van der Waals surface area contributed by atoms with Crippen molar-refractivity contribution in [2.75, 3.05) is 31.6 Å². The van der Waals surface area contributed by atoms with Crippen molar-refractivity contribution in [2.45, 2.75) is 63.3 Å². The molecule has 0 unspecified atom stereocenters. The predicted molar refractivity (Wildman–Crippen MR) is 149 cm³/mol. The fraction of sp³-hybridized carbons (Fsp3) is 0.452. The molecule has 7 nitrogen and oxygen atoms in total. The first-order valence-electron chi connectivity index (χ1n) is 13.6. The van der Waals surface area contributed by atoms with Crippen LogP contribution in [0.4, 0.5) is 5.69 Å². The summed E-state index contributed by atoms with van der Waals surface area (Å²) in [4.78, 5) is 20.1. The Bertz CT molecular complexity index is 1280. The summed E-state index contributed by atoms with van der Waals surface area (Å²) in [5.74, 6) is -0.189. The number of morpholine rings is 1. The van der Waals surface area contributed by atoms with Crippen LogP contribution in [-0.4, -0.2) is 52.7 Å². The van der Waals surface area contributed by atoms with Crippen molar-refractivity contribution >= 4 is 11.6 Å². The molecule has 7 heteroatoms. The molecule has 1 N–H and O–H groups in total. The van der Waals surface area contributed by atoms with E-state index in [1.54, 1.807) is 6.20 Å². The van der Waals surface area contributed by atoms with Crippen LogP contribution in [-0.2, 0) is 15.6 Å². The minimum Gasteiger partial charge on any atom is -0.379 e. The van der Waals surface area contributed by atoms with E-state index in [4.69, 9.17) is 4.74 Å². The van der Waals surface area contributed by atoms with Gasteiger partial charge in [-0.2, -0.15) is 5.26 Å². The summed E-state index contributed by atoms with van der Waals surface area (Å²) in [5, 5.41) is 13.1. The van der Waals surface area contributed by atoms with Crippen LogP contribution in [0.25, 0.3) is 5.69 Å². The van der Waals surface area contributed by atoms with Crippen LogP contribution < -0.4 is 5.32 Å². The minimum atomic E-state index is -0.564. The Labute approximate surface area is 225 Å². The number of amides is 1. The zero-order valence-corrected chi connectivity index (χ0v) is 22.6. The molecule has 2 aliphatic rings. The third-order valence-electron chi connectivity index (χ3n) is 8.08. The van der Waals surface area contributed by atoms with Crippen LogP contribution in [0.1, 0.15) is 68.1 Å². The summed E-state index contributed by atoms with van der Waals surface area (Å²) in [5.41, 5.74) is 3.80. The lowest BCUT2D eigenvalue weighted by molar-refractivity contribution is 0.00493. The monoisotopic (exact) mass is 511 g/mol. The van der Waals surface area contributed by atoms with Gasteiger partial charge in [-0.05, 0) is 67.0 Å². The zero-order chi connectivity index (χ0) is 26.8. The molecule has 5 rings (SSSR count). The highest BCUT2D eigenvalue weighted by Crippen LogP contribution is 2.40. The Balaban J connectivity index is 1.21. The van der Waals surface area contributed by atoms with Gasteiger partial charge in [0.1, 0.15) is 0 Å². The highest BCUT2D eigenvalue weighted by Gasteiger charge is 2.40. The van der Waals surface area contributed by atoms with Gasteiger partial charge in [-0.3, -0.25) is 14.7 Å². The smallest absolute Gasteiger partial charge is 0.257 e. The highest BCUT2D eigenvalue weighted by molar-refractivity contribution is 6.04. The number of carbonyl (C=O) groups excluding carboxylic acids is 1. The number of nitrogens with zero attached hydrogens (tertiary/aromatic N) is 4. The molecule has 0 atom stereocenters. The molecule has 3 heterocycles. The van der Waals surface area contributed by atoms with E-state index in [1.165, 1.54) is 5.56 Å². The third-order valence-corrected chi connectivity index (χ3v) is 8.08. The number of hydrogen-bond acceptors (Lipinski definition) is 5. The second-order valence-electron chi connectivity index (χ2n) is 11.6. The Morgan fingerprint density at radius 3 is 2.39 bits per heavy atom. The van der Waals surface area contributed by atoms with Crippen LogP contribution in [0, 0.1) is 11.3 Å². The topological polar surface area (TPSA) is 83.2 Å². The van der Waals surface area contributed by atoms with Gasteiger partial charge in [-0.15, -0.1) is 0 Å². The number of pyridine rings is 1. The van der Waals surface area contributed by atoms with Crippen LogP contribution in [0.15, 0.2) is 61.1 Å². The van der Waals surface area contributed by atoms with Gasteiger partial charge in [0.25, 0.3) is 5.91 Å². The van der Waals surface area contributed by atoms with Gasteiger partial charge in [-0.1, -0.05) is 32.9 Å². The van der Waals surface area contributed by atoms with E-state index >= 15 is 0 Å². The number of benzene rings is 1. The van der Waals surface area contributed by atoms with Gasteiger partial charge in [0.2, 0.25) is 0 Å². The maximum absolute atomic E-state index is 12.9. The summed E-state index contributed by atoms with van der Waals surface area (Å²) in [6.45, 7) is 10.1. The average molecular weight is 512 g/mol. The van der Waals surface area contributed by atoms with Crippen molar-refractivity contribution in [1.29, 1.82) is 5.26 Å². The molecule has 3 aromatic rings. The first-order valence-corrected chi connectivity index (χ1v) is 13.6. The van der Waals surface area contributed by atoms with Crippen molar-refractivity contribution in [3.8, 4) is 11.8 Å². The second-order valence-corrected chi connectivity index (χ2v) is 11.6. The molecular formula is C31H37N5O2. The number of hydrogen-bond donors (Lipinski definition) is 1. The number of carbonyl (C=O) groups is 1. The molecule has 0 radical (unpaired) electrons. The molecule has 0 spiro atoms. The Morgan fingerprint density at radius 2 is 1.79 bits per heavy atom. The van der Waals surface area contributed by atoms with Gasteiger partial charge in [0.15, 0.2) is 0 Å². The standard InChI is InChI=1S/C31H37N5O2/c1-30(2,3)24-4-7-26(8-5-24)36-15-12-23(21-36)29(37)34-25-6-9-28(33-20-25)31(22-32)13-10-27(11-14-31)35-16-18-38-19-17-35/h4-9,12,15,20-21,27H,10-11,13-14,16-19H2,1-3H3,(H,34,37). The predicted octanol–water partition coefficient (Wildman–Crippen LogP) is 5.46. The fourth-order valence-corrected chi connectivity index (χ4v) is 5.61. The molecule has 2 fully saturated rings. The van der Waals surface area contributed by atoms with Crippen molar-refractivity contribution in [2.24, 2.45) is 0 Å². The van der Waals surface area contributed by atoms with E-state index in [-0.39, 0.29) is 11.3 Å². The summed E-state index contributed by atoms with van der Waals surface area (Å²) in [6, 6.07) is 17.1. The highest BCUT2D eigenvalue weighted by atomic mass is 16.5. The average Bonchev–Trinajstić information content (AvgIpc) is 3.44. The number of rotatable bonds is 5. The molecule has 2 aromatic heterocycles. The van der Waals surface area contributed by atoms with Crippen molar-refractivity contribution in [3.63, 3.8) is 0 Å². The Hall–Kier alpha value is -3.47. The number of aromatic nitrogens is 2. The normalized spacial score (nSPS) is 22.5. The molecule has 1 aliphatic carbocycles. The van der Waals surface area contributed by atoms with Crippen molar-refractivity contribution < 1.29 is 9.53 Å². The van der Waals surface area contributed by atoms with Gasteiger partial charge in [-0.25, -0.2) is 0 Å². The third kappa shape index (κ3) is 5.52. The van der Waals surface area contributed by atoms with Gasteiger partial charge >= 0.3 is 0 Å². The van der Waals surface area contributed by atoms with Crippen LogP contribution in [0.2, 0.25) is 0 Å². The van der Waals surface area contributed by atoms with Crippen molar-refractivity contribution in [1.82, 2.24) is 14.5 Å². The van der Waals surface area contributed by atoms with Crippen LogP contribution in [0.5, 0.6) is 0 Å². The van der Waals surface area contributed by atoms with E-state index in [9.17, 15) is 10.1 Å². The summed E-state index contributed by atoms with van der Waals surface area (Å²) in [7, 11) is 0. The largest absolute Gasteiger partial charge is 0.379 e. The molecule has 0 bridgehead atoms. The maximum atomic E-state index is 12.9. The molecule has 1 amide bonds. The van der Waals surface area contributed by atoms with E-state index in [0.717, 1.165) is 63.4 Å². The van der Waals surface area contributed by atoms with Gasteiger partial charge in [0, 0.05) is 37.2 Å². The molecular weight excluding hydrogens is 474 g/mol. The molecule has 1 aliphatic heterocycles. The summed E-state index contributed by atoms with van der Waals surface area (Å²) >= 11 is 0. The molecule has 198 valence electrons. The number of nitrogens with one attached hydrogen (secondary N) is 1. The first-order chi connectivity index (χ1) is 18.3. The molecule has 1 saturated carbocycles. The lowest BCUT2D eigenvalue weighted by Crippen LogP contribution is -2.47. The second kappa shape index (κ2) is 10.7. The number of ether oxygens (including phenoxy) is 1. The molecule has 38 heavy (non-hydrogen) atoms. The quantitative estimate of drug-likeness (QED) is 0.492. The fourth-order valence-electron chi connectivity index (χ4n) is 5.61. The maximum Gasteiger partial charge on any atom is 0.257 e. The van der Waals surface area contributed by atoms with Gasteiger partial charge < -0.3 is 14.6 Å². The Morgan fingerprint density at radius 1 is 1.08 bits per heavy atom. The van der Waals surface area contributed by atoms with Crippen molar-refractivity contribution in [3.05, 3.63) is 77.9 Å². The van der Waals surface area contributed by atoms with Gasteiger partial charge in [0.05, 0.1) is 47.8 Å². The first kappa shape index (κ1) is 26.1. The number of nitriles is 1. The van der Waals surface area contributed by atoms with Crippen LogP contribution in [0.3, 0.4) is 0 Å². The minimum absolute atomic E-state index is 0.0963. The summed E-state index contributed by atoms with van der Waals surface area (Å²) < 4.78 is 7.44. The summed E-state index contributed by atoms with van der Waals surface area (Å²) in [6.07, 6.45) is 8.98. The molecule has 1 saturated heterocycles. The van der Waals surface area contributed by atoms with E-state index < -0.39 is 5.41 Å².